The van der Waals surface area contributed by atoms with E-state index in [-0.39, 0.29) is 0 Å². The molecule has 19 heavy (non-hydrogen) atoms. The summed E-state index contributed by atoms with van der Waals surface area (Å²) in [5.41, 5.74) is 8.10. The van der Waals surface area contributed by atoms with Gasteiger partial charge in [-0.2, -0.15) is 0 Å². The van der Waals surface area contributed by atoms with Gasteiger partial charge in [-0.05, 0) is 31.9 Å². The van der Waals surface area contributed by atoms with Crippen LogP contribution in [-0.4, -0.2) is 22.5 Å². The lowest BCUT2D eigenvalue weighted by molar-refractivity contribution is 0.173. The number of nitrogens with two attached hydrogens (primary N) is 1. The van der Waals surface area contributed by atoms with Crippen LogP contribution in [0, 0.1) is 5.92 Å². The molecule has 0 saturated heterocycles. The molecule has 2 rings (SSSR count). The second-order valence-corrected chi connectivity index (χ2v) is 5.75. The molecule has 1 aromatic heterocycles. The van der Waals surface area contributed by atoms with Crippen molar-refractivity contribution in [2.75, 3.05) is 12.3 Å². The smallest absolute Gasteiger partial charge is 0.209 e. The molecule has 0 amide bonds. The van der Waals surface area contributed by atoms with Gasteiger partial charge in [0, 0.05) is 24.3 Å². The fourth-order valence-electron chi connectivity index (χ4n) is 2.16. The van der Waals surface area contributed by atoms with Crippen molar-refractivity contribution >= 4 is 16.8 Å². The Hall–Kier alpha value is -1.55. The number of hydrogen-bond donors (Lipinski definition) is 1. The summed E-state index contributed by atoms with van der Waals surface area (Å²) in [6.45, 7) is 10.6. The van der Waals surface area contributed by atoms with Crippen molar-refractivity contribution < 1.29 is 4.42 Å². The number of rotatable bonds is 5. The quantitative estimate of drug-likeness (QED) is 0.839. The van der Waals surface area contributed by atoms with Crippen LogP contribution in [0.1, 0.15) is 33.6 Å². The van der Waals surface area contributed by atoms with Gasteiger partial charge in [-0.3, -0.25) is 4.90 Å². The molecular weight excluding hydrogens is 238 g/mol. The number of fused-ring (bicyclic) bond motifs is 1. The van der Waals surface area contributed by atoms with E-state index in [0.717, 1.165) is 30.1 Å². The summed E-state index contributed by atoms with van der Waals surface area (Å²) in [6.07, 6.45) is 0. The van der Waals surface area contributed by atoms with E-state index >= 15 is 0 Å². The first-order valence-corrected chi connectivity index (χ1v) is 6.84. The monoisotopic (exact) mass is 261 g/mol. The average molecular weight is 261 g/mol. The minimum absolute atomic E-state index is 0.475. The summed E-state index contributed by atoms with van der Waals surface area (Å²) in [7, 11) is 0. The molecule has 2 N–H and O–H groups in total. The Balaban J connectivity index is 2.19. The highest BCUT2D eigenvalue weighted by molar-refractivity contribution is 5.76. The molecule has 0 aliphatic heterocycles. The van der Waals surface area contributed by atoms with Gasteiger partial charge in [-0.1, -0.05) is 13.8 Å². The third-order valence-corrected chi connectivity index (χ3v) is 3.13. The van der Waals surface area contributed by atoms with Crippen molar-refractivity contribution in [1.29, 1.82) is 0 Å². The average Bonchev–Trinajstić information content (AvgIpc) is 2.68. The zero-order valence-corrected chi connectivity index (χ0v) is 12.2. The molecule has 0 atom stereocenters. The predicted molar refractivity (Wildman–Crippen MR) is 78.8 cm³/mol. The zero-order chi connectivity index (χ0) is 14.0. The lowest BCUT2D eigenvalue weighted by atomic mass is 10.2. The highest BCUT2D eigenvalue weighted by atomic mass is 16.3. The fourth-order valence-corrected chi connectivity index (χ4v) is 2.16. The molecule has 0 aliphatic carbocycles. The van der Waals surface area contributed by atoms with Gasteiger partial charge in [0.15, 0.2) is 5.58 Å². The molecule has 0 bridgehead atoms. The molecule has 2 aromatic rings. The number of benzene rings is 1. The summed E-state index contributed by atoms with van der Waals surface area (Å²) in [4.78, 5) is 6.89. The summed E-state index contributed by atoms with van der Waals surface area (Å²) >= 11 is 0. The molecule has 1 heterocycles. The lowest BCUT2D eigenvalue weighted by Crippen LogP contribution is -2.33. The highest BCUT2D eigenvalue weighted by Gasteiger charge is 2.15. The van der Waals surface area contributed by atoms with E-state index in [0.29, 0.717) is 17.6 Å². The minimum atomic E-state index is 0.475. The van der Waals surface area contributed by atoms with E-state index in [9.17, 15) is 0 Å². The Kier molecular flexibility index (Phi) is 4.10. The number of nitrogen functional groups attached to an aromatic ring is 1. The first-order chi connectivity index (χ1) is 8.95. The van der Waals surface area contributed by atoms with Gasteiger partial charge in [0.1, 0.15) is 5.52 Å². The maximum absolute atomic E-state index is 5.78. The van der Waals surface area contributed by atoms with Crippen LogP contribution in [0.5, 0.6) is 0 Å². The molecule has 0 aliphatic rings. The van der Waals surface area contributed by atoms with Crippen molar-refractivity contribution in [3.63, 3.8) is 0 Å². The Morgan fingerprint density at radius 2 is 2.00 bits per heavy atom. The van der Waals surface area contributed by atoms with Gasteiger partial charge in [0.25, 0.3) is 0 Å². The Labute approximate surface area is 114 Å². The lowest BCUT2D eigenvalue weighted by Gasteiger charge is -2.26. The van der Waals surface area contributed by atoms with E-state index in [1.807, 2.05) is 18.2 Å². The Morgan fingerprint density at radius 1 is 1.26 bits per heavy atom. The minimum Gasteiger partial charge on any atom is -0.439 e. The number of anilines is 1. The second kappa shape index (κ2) is 5.61. The van der Waals surface area contributed by atoms with Gasteiger partial charge < -0.3 is 10.2 Å². The fraction of sp³-hybridized carbons (Fsp3) is 0.533. The molecule has 0 unspecified atom stereocenters. The van der Waals surface area contributed by atoms with Crippen LogP contribution in [0.2, 0.25) is 0 Å². The number of aromatic nitrogens is 1. The number of oxazole rings is 1. The largest absolute Gasteiger partial charge is 0.439 e. The second-order valence-electron chi connectivity index (χ2n) is 5.75. The van der Waals surface area contributed by atoms with Crippen LogP contribution in [0.25, 0.3) is 11.1 Å². The topological polar surface area (TPSA) is 55.3 Å². The first kappa shape index (κ1) is 13.9. The molecule has 4 nitrogen and oxygen atoms in total. The van der Waals surface area contributed by atoms with Gasteiger partial charge in [0.2, 0.25) is 5.89 Å². The van der Waals surface area contributed by atoms with Crippen LogP contribution in [-0.2, 0) is 6.54 Å². The van der Waals surface area contributed by atoms with Crippen molar-refractivity contribution in [2.45, 2.75) is 40.3 Å². The van der Waals surface area contributed by atoms with Crippen LogP contribution < -0.4 is 5.73 Å². The van der Waals surface area contributed by atoms with Crippen molar-refractivity contribution in [1.82, 2.24) is 9.88 Å². The third-order valence-electron chi connectivity index (χ3n) is 3.13. The van der Waals surface area contributed by atoms with E-state index in [1.54, 1.807) is 0 Å². The van der Waals surface area contributed by atoms with Gasteiger partial charge >= 0.3 is 0 Å². The van der Waals surface area contributed by atoms with E-state index in [2.05, 4.69) is 37.6 Å². The molecule has 104 valence electrons. The van der Waals surface area contributed by atoms with Crippen LogP contribution in [0.3, 0.4) is 0 Å². The summed E-state index contributed by atoms with van der Waals surface area (Å²) in [5.74, 6) is 1.39. The van der Waals surface area contributed by atoms with Crippen molar-refractivity contribution in [2.24, 2.45) is 5.92 Å². The molecule has 0 radical (unpaired) electrons. The standard InChI is InChI=1S/C15H23N3O/c1-10(2)8-18(11(3)4)9-15-17-13-6-5-12(16)7-14(13)19-15/h5-7,10-11H,8-9,16H2,1-4H3. The van der Waals surface area contributed by atoms with Crippen molar-refractivity contribution in [3.05, 3.63) is 24.1 Å². The molecule has 0 fully saturated rings. The summed E-state index contributed by atoms with van der Waals surface area (Å²) in [6, 6.07) is 6.05. The molecule has 0 spiro atoms. The first-order valence-electron chi connectivity index (χ1n) is 6.84. The highest BCUT2D eigenvalue weighted by Crippen LogP contribution is 2.20. The zero-order valence-electron chi connectivity index (χ0n) is 12.2. The van der Waals surface area contributed by atoms with E-state index in [4.69, 9.17) is 10.2 Å². The summed E-state index contributed by atoms with van der Waals surface area (Å²) < 4.78 is 5.78. The Morgan fingerprint density at radius 3 is 2.63 bits per heavy atom. The maximum Gasteiger partial charge on any atom is 0.209 e. The van der Waals surface area contributed by atoms with Crippen LogP contribution in [0.15, 0.2) is 22.6 Å². The van der Waals surface area contributed by atoms with Crippen LogP contribution >= 0.6 is 0 Å². The third kappa shape index (κ3) is 3.47. The number of hydrogen-bond acceptors (Lipinski definition) is 4. The predicted octanol–water partition coefficient (Wildman–Crippen LogP) is 3.28. The van der Waals surface area contributed by atoms with Gasteiger partial charge in [-0.15, -0.1) is 0 Å². The maximum atomic E-state index is 5.78. The molecular formula is C15H23N3O. The SMILES string of the molecule is CC(C)CN(Cc1nc2ccc(N)cc2o1)C(C)C. The van der Waals surface area contributed by atoms with Crippen LogP contribution in [0.4, 0.5) is 5.69 Å². The molecule has 4 heteroatoms. The van der Waals surface area contributed by atoms with Crippen molar-refractivity contribution in [3.8, 4) is 0 Å². The van der Waals surface area contributed by atoms with E-state index < -0.39 is 0 Å². The molecule has 0 saturated carbocycles. The van der Waals surface area contributed by atoms with Gasteiger partial charge in [0.05, 0.1) is 6.54 Å². The Bertz CT molecular complexity index is 545. The number of nitrogens with zero attached hydrogens (tertiary/aromatic N) is 2. The molecule has 1 aromatic carbocycles. The van der Waals surface area contributed by atoms with Gasteiger partial charge in [-0.25, -0.2) is 4.98 Å². The normalized spacial score (nSPS) is 12.2. The summed E-state index contributed by atoms with van der Waals surface area (Å²) in [5, 5.41) is 0. The van der Waals surface area contributed by atoms with E-state index in [1.165, 1.54) is 0 Å².